The van der Waals surface area contributed by atoms with Crippen molar-refractivity contribution in [3.05, 3.63) is 53.1 Å². The van der Waals surface area contributed by atoms with E-state index in [-0.39, 0.29) is 29.9 Å². The van der Waals surface area contributed by atoms with Gasteiger partial charge in [-0.3, -0.25) is 9.69 Å². The molecule has 1 amide bonds. The van der Waals surface area contributed by atoms with Crippen LogP contribution in [0.2, 0.25) is 0 Å². The van der Waals surface area contributed by atoms with Crippen LogP contribution in [0.25, 0.3) is 11.0 Å². The number of rotatable bonds is 6. The predicted molar refractivity (Wildman–Crippen MR) is 146 cm³/mol. The summed E-state index contributed by atoms with van der Waals surface area (Å²) in [5.74, 6) is -0.456. The van der Waals surface area contributed by atoms with Crippen LogP contribution in [0.15, 0.2) is 30.3 Å². The van der Waals surface area contributed by atoms with Gasteiger partial charge in [0.15, 0.2) is 11.6 Å². The molecule has 2 aromatic carbocycles. The summed E-state index contributed by atoms with van der Waals surface area (Å²) in [6, 6.07) is 9.08. The predicted octanol–water partition coefficient (Wildman–Crippen LogP) is 6.28. The van der Waals surface area contributed by atoms with E-state index in [1.54, 1.807) is 11.0 Å². The number of ether oxygens (including phenoxy) is 2. The Morgan fingerprint density at radius 3 is 2.51 bits per heavy atom. The molecule has 1 N–H and O–H groups in total. The Bertz CT molecular complexity index is 1390. The highest BCUT2D eigenvalue weighted by Gasteiger charge is 2.33. The number of aryl methyl sites for hydroxylation is 1. The van der Waals surface area contributed by atoms with Gasteiger partial charge < -0.3 is 19.1 Å². The molecule has 208 valence electrons. The fourth-order valence-corrected chi connectivity index (χ4v) is 6.12. The molecule has 9 heteroatoms. The number of imidazole rings is 1. The van der Waals surface area contributed by atoms with Crippen molar-refractivity contribution in [2.45, 2.75) is 83.9 Å². The molecular formula is C30H36FN3O5. The molecule has 1 aliphatic heterocycles. The molecule has 5 rings (SSSR count). The minimum absolute atomic E-state index is 0.00444. The fourth-order valence-electron chi connectivity index (χ4n) is 6.12. The fraction of sp³-hybridized carbons (Fsp3) is 0.500. The van der Waals surface area contributed by atoms with Gasteiger partial charge in [-0.15, -0.1) is 0 Å². The molecule has 1 saturated carbocycles. The van der Waals surface area contributed by atoms with Crippen LogP contribution in [0.5, 0.6) is 5.75 Å². The zero-order chi connectivity index (χ0) is 27.8. The highest BCUT2D eigenvalue weighted by Crippen LogP contribution is 2.40. The Balaban J connectivity index is 1.58. The molecule has 1 fully saturated rings. The molecule has 0 radical (unpaired) electrons. The number of amides is 1. The molecule has 8 nitrogen and oxygen atoms in total. The van der Waals surface area contributed by atoms with Gasteiger partial charge in [-0.2, -0.15) is 0 Å². The van der Waals surface area contributed by atoms with Crippen molar-refractivity contribution in [1.29, 1.82) is 0 Å². The first kappa shape index (κ1) is 27.0. The largest absolute Gasteiger partial charge is 0.488 e. The van der Waals surface area contributed by atoms with Crippen molar-refractivity contribution in [2.75, 3.05) is 12.0 Å². The van der Waals surface area contributed by atoms with E-state index in [1.807, 2.05) is 39.0 Å². The maximum absolute atomic E-state index is 14.8. The molecule has 2 aliphatic rings. The summed E-state index contributed by atoms with van der Waals surface area (Å²) >= 11 is 0. The molecule has 1 aromatic heterocycles. The van der Waals surface area contributed by atoms with E-state index >= 15 is 0 Å². The van der Waals surface area contributed by atoms with Gasteiger partial charge >= 0.3 is 12.1 Å². The lowest BCUT2D eigenvalue weighted by molar-refractivity contribution is -0.143. The molecule has 2 heterocycles. The highest BCUT2D eigenvalue weighted by atomic mass is 19.1. The first-order chi connectivity index (χ1) is 18.7. The van der Waals surface area contributed by atoms with Gasteiger partial charge in [0.1, 0.15) is 5.82 Å². The number of halogens is 1. The van der Waals surface area contributed by atoms with Crippen LogP contribution in [0.3, 0.4) is 0 Å². The number of methoxy groups -OCH3 is 1. The minimum Gasteiger partial charge on any atom is -0.488 e. The zero-order valence-corrected chi connectivity index (χ0v) is 22.9. The number of hydrogen-bond donors (Lipinski definition) is 1. The lowest BCUT2D eigenvalue weighted by atomic mass is 9.85. The van der Waals surface area contributed by atoms with Crippen molar-refractivity contribution >= 4 is 28.8 Å². The quantitative estimate of drug-likeness (QED) is 0.398. The number of carboxylic acids is 1. The van der Waals surface area contributed by atoms with Crippen LogP contribution in [-0.2, 0) is 22.4 Å². The van der Waals surface area contributed by atoms with Gasteiger partial charge in [-0.1, -0.05) is 6.07 Å². The summed E-state index contributed by atoms with van der Waals surface area (Å²) < 4.78 is 27.7. The molecule has 0 spiro atoms. The van der Waals surface area contributed by atoms with E-state index in [0.29, 0.717) is 19.3 Å². The number of aromatic nitrogens is 2. The van der Waals surface area contributed by atoms with Crippen LogP contribution in [0, 0.1) is 11.7 Å². The average molecular weight is 538 g/mol. The Hall–Kier alpha value is -3.62. The Labute approximate surface area is 227 Å². The SMILES string of the molecule is COC(=O)N1c2ccc3c(nc(Cc4ccc(OC(C)C)c(F)c4)n3[C@H]3CC[C@H](C(=O)O)CC3)c2CC[C@@H]1C. The van der Waals surface area contributed by atoms with Crippen molar-refractivity contribution in [3.63, 3.8) is 0 Å². The summed E-state index contributed by atoms with van der Waals surface area (Å²) in [5.41, 5.74) is 4.38. The number of hydrogen-bond acceptors (Lipinski definition) is 5. The van der Waals surface area contributed by atoms with Crippen LogP contribution >= 0.6 is 0 Å². The number of benzene rings is 2. The zero-order valence-electron chi connectivity index (χ0n) is 22.9. The molecular weight excluding hydrogens is 501 g/mol. The van der Waals surface area contributed by atoms with E-state index in [9.17, 15) is 19.1 Å². The standard InChI is InChI=1S/C30H36FN3O5/c1-17(2)39-26-14-6-19(15-23(26)31)16-27-32-28-22-11-5-18(3)33(30(37)38-4)24(22)12-13-25(28)34(27)21-9-7-20(8-10-21)29(35)36/h6,12-15,17-18,20-21H,5,7-11,16H2,1-4H3,(H,35,36)/t18-,20-,21-/m0/s1. The van der Waals surface area contributed by atoms with E-state index < -0.39 is 17.9 Å². The van der Waals surface area contributed by atoms with Crippen LogP contribution in [0.4, 0.5) is 14.9 Å². The number of aliphatic carboxylic acids is 1. The lowest BCUT2D eigenvalue weighted by Gasteiger charge is -2.34. The average Bonchev–Trinajstić information content (AvgIpc) is 3.27. The third kappa shape index (κ3) is 5.18. The molecule has 0 saturated heterocycles. The molecule has 3 aromatic rings. The minimum atomic E-state index is -0.741. The number of nitrogens with zero attached hydrogens (tertiary/aromatic N) is 3. The maximum atomic E-state index is 14.8. The Kier molecular flexibility index (Phi) is 7.51. The number of fused-ring (bicyclic) bond motifs is 3. The summed E-state index contributed by atoms with van der Waals surface area (Å²) in [6.45, 7) is 5.73. The summed E-state index contributed by atoms with van der Waals surface area (Å²) in [4.78, 5) is 31.0. The summed E-state index contributed by atoms with van der Waals surface area (Å²) in [6.07, 6.45) is 4.12. The topological polar surface area (TPSA) is 93.9 Å². The van der Waals surface area contributed by atoms with Crippen LogP contribution in [-0.4, -0.2) is 46.0 Å². The maximum Gasteiger partial charge on any atom is 0.414 e. The second kappa shape index (κ2) is 10.9. The van der Waals surface area contributed by atoms with E-state index in [2.05, 4.69) is 4.57 Å². The first-order valence-electron chi connectivity index (χ1n) is 13.8. The van der Waals surface area contributed by atoms with Gasteiger partial charge in [0.25, 0.3) is 0 Å². The smallest absolute Gasteiger partial charge is 0.414 e. The summed E-state index contributed by atoms with van der Waals surface area (Å²) in [7, 11) is 1.39. The number of carbonyl (C=O) groups excluding carboxylic acids is 1. The second-order valence-electron chi connectivity index (χ2n) is 11.0. The molecule has 0 bridgehead atoms. The first-order valence-corrected chi connectivity index (χ1v) is 13.8. The molecule has 39 heavy (non-hydrogen) atoms. The van der Waals surface area contributed by atoms with E-state index in [4.69, 9.17) is 14.5 Å². The Morgan fingerprint density at radius 1 is 1.13 bits per heavy atom. The number of carbonyl (C=O) groups is 2. The Morgan fingerprint density at radius 2 is 1.87 bits per heavy atom. The van der Waals surface area contributed by atoms with E-state index in [0.717, 1.165) is 59.4 Å². The van der Waals surface area contributed by atoms with Gasteiger partial charge in [-0.05, 0) is 89.1 Å². The molecule has 0 unspecified atom stereocenters. The van der Waals surface area contributed by atoms with Crippen molar-refractivity contribution in [3.8, 4) is 5.75 Å². The van der Waals surface area contributed by atoms with Gasteiger partial charge in [0, 0.05) is 24.1 Å². The van der Waals surface area contributed by atoms with Crippen molar-refractivity contribution < 1.29 is 28.6 Å². The lowest BCUT2D eigenvalue weighted by Crippen LogP contribution is -2.42. The highest BCUT2D eigenvalue weighted by molar-refractivity contribution is 5.95. The molecule has 1 atom stereocenters. The third-order valence-corrected chi connectivity index (χ3v) is 8.03. The van der Waals surface area contributed by atoms with Gasteiger partial charge in [0.05, 0.1) is 35.9 Å². The van der Waals surface area contributed by atoms with Crippen molar-refractivity contribution in [2.24, 2.45) is 5.92 Å². The van der Waals surface area contributed by atoms with Gasteiger partial charge in [0.2, 0.25) is 0 Å². The number of carboxylic acid groups (broad SMARTS) is 1. The number of anilines is 1. The van der Waals surface area contributed by atoms with Gasteiger partial charge in [-0.25, -0.2) is 14.2 Å². The normalized spacial score (nSPS) is 21.2. The van der Waals surface area contributed by atoms with Crippen molar-refractivity contribution in [1.82, 2.24) is 9.55 Å². The van der Waals surface area contributed by atoms with Crippen LogP contribution < -0.4 is 9.64 Å². The monoisotopic (exact) mass is 537 g/mol. The third-order valence-electron chi connectivity index (χ3n) is 8.03. The molecule has 1 aliphatic carbocycles. The second-order valence-corrected chi connectivity index (χ2v) is 11.0. The van der Waals surface area contributed by atoms with E-state index in [1.165, 1.54) is 13.2 Å². The summed E-state index contributed by atoms with van der Waals surface area (Å²) in [5, 5.41) is 9.52. The van der Waals surface area contributed by atoms with Crippen LogP contribution in [0.1, 0.15) is 75.9 Å².